The summed E-state index contributed by atoms with van der Waals surface area (Å²) in [5.41, 5.74) is 3.40. The molecular weight excluding hydrogens is 441 g/mol. The van der Waals surface area contributed by atoms with Gasteiger partial charge in [0.25, 0.3) is 0 Å². The van der Waals surface area contributed by atoms with E-state index in [4.69, 9.17) is 4.42 Å². The summed E-state index contributed by atoms with van der Waals surface area (Å²) in [5, 5.41) is 7.90. The van der Waals surface area contributed by atoms with E-state index in [9.17, 15) is 0 Å². The largest absolute Gasteiger partial charge is 0.444 e. The Kier molecular flexibility index (Phi) is 7.50. The van der Waals surface area contributed by atoms with Crippen molar-refractivity contribution in [2.24, 2.45) is 4.99 Å². The lowest BCUT2D eigenvalue weighted by molar-refractivity contribution is 0.473. The number of guanidine groups is 1. The summed E-state index contributed by atoms with van der Waals surface area (Å²) in [6.07, 6.45) is 3.00. The van der Waals surface area contributed by atoms with Crippen LogP contribution < -0.4 is 10.6 Å². The molecule has 0 aliphatic heterocycles. The Balaban J connectivity index is 0.00000243. The van der Waals surface area contributed by atoms with Crippen molar-refractivity contribution in [3.63, 3.8) is 0 Å². The summed E-state index contributed by atoms with van der Waals surface area (Å²) in [5.74, 6) is 2.27. The highest BCUT2D eigenvalue weighted by molar-refractivity contribution is 14.0. The predicted octanol–water partition coefficient (Wildman–Crippen LogP) is 3.69. The number of aryl methyl sites for hydroxylation is 2. The molecule has 2 heterocycles. The van der Waals surface area contributed by atoms with Crippen molar-refractivity contribution in [3.8, 4) is 0 Å². The molecule has 0 unspecified atom stereocenters. The summed E-state index contributed by atoms with van der Waals surface area (Å²) < 4.78 is 5.58. The van der Waals surface area contributed by atoms with Crippen molar-refractivity contribution in [3.05, 3.63) is 53.4 Å². The van der Waals surface area contributed by atoms with Crippen LogP contribution in [0.1, 0.15) is 29.8 Å². The van der Waals surface area contributed by atoms with Crippen LogP contribution in [0.25, 0.3) is 10.9 Å². The van der Waals surface area contributed by atoms with Crippen LogP contribution in [0.4, 0.5) is 0 Å². The Morgan fingerprint density at radius 3 is 2.77 bits per heavy atom. The summed E-state index contributed by atoms with van der Waals surface area (Å²) in [6, 6.07) is 8.35. The molecule has 0 radical (unpaired) electrons. The zero-order chi connectivity index (χ0) is 17.6. The number of oxazole rings is 1. The van der Waals surface area contributed by atoms with Crippen LogP contribution in [0.15, 0.2) is 39.9 Å². The third-order valence-corrected chi connectivity index (χ3v) is 4.15. The van der Waals surface area contributed by atoms with Crippen molar-refractivity contribution >= 4 is 40.8 Å². The second kappa shape index (κ2) is 9.61. The lowest BCUT2D eigenvalue weighted by atomic mass is 10.1. The fourth-order valence-corrected chi connectivity index (χ4v) is 2.75. The van der Waals surface area contributed by atoms with Crippen LogP contribution in [-0.4, -0.2) is 29.0 Å². The maximum absolute atomic E-state index is 5.58. The van der Waals surface area contributed by atoms with Crippen LogP contribution in [0.3, 0.4) is 0 Å². The van der Waals surface area contributed by atoms with Crippen molar-refractivity contribution in [1.82, 2.24) is 20.6 Å². The van der Waals surface area contributed by atoms with Crippen LogP contribution in [0, 0.1) is 13.8 Å². The molecule has 2 aromatic heterocycles. The number of nitrogens with one attached hydrogen (secondary N) is 3. The van der Waals surface area contributed by atoms with Crippen LogP contribution in [0.5, 0.6) is 0 Å². The topological polar surface area (TPSA) is 78.2 Å². The Morgan fingerprint density at radius 2 is 2.04 bits per heavy atom. The van der Waals surface area contributed by atoms with Crippen LogP contribution in [0.2, 0.25) is 0 Å². The second-order valence-electron chi connectivity index (χ2n) is 5.98. The molecule has 7 heteroatoms. The van der Waals surface area contributed by atoms with Gasteiger partial charge in [0.1, 0.15) is 12.3 Å². The number of aliphatic imine (C=N–C) groups is 1. The summed E-state index contributed by atoms with van der Waals surface area (Å²) in [4.78, 5) is 12.2. The fourth-order valence-electron chi connectivity index (χ4n) is 2.75. The van der Waals surface area contributed by atoms with Crippen molar-refractivity contribution in [1.29, 1.82) is 0 Å². The molecule has 0 spiro atoms. The number of benzene rings is 1. The van der Waals surface area contributed by atoms with E-state index in [1.807, 2.05) is 19.9 Å². The van der Waals surface area contributed by atoms with Gasteiger partial charge in [-0.05, 0) is 38.8 Å². The van der Waals surface area contributed by atoms with Gasteiger partial charge in [0, 0.05) is 30.2 Å². The normalized spacial score (nSPS) is 11.4. The molecule has 1 aromatic carbocycles. The molecule has 0 saturated heterocycles. The van der Waals surface area contributed by atoms with Gasteiger partial charge in [-0.3, -0.25) is 0 Å². The first-order valence-corrected chi connectivity index (χ1v) is 8.67. The zero-order valence-corrected chi connectivity index (χ0v) is 17.8. The minimum atomic E-state index is 0. The summed E-state index contributed by atoms with van der Waals surface area (Å²) >= 11 is 0. The third-order valence-electron chi connectivity index (χ3n) is 4.15. The maximum atomic E-state index is 5.58. The highest BCUT2D eigenvalue weighted by Gasteiger charge is 2.06. The first kappa shape index (κ1) is 20.3. The molecule has 0 amide bonds. The summed E-state index contributed by atoms with van der Waals surface area (Å²) in [6.45, 7) is 7.95. The van der Waals surface area contributed by atoms with E-state index in [1.165, 1.54) is 16.5 Å². The van der Waals surface area contributed by atoms with E-state index in [0.29, 0.717) is 12.4 Å². The number of hydrogen-bond donors (Lipinski definition) is 3. The lowest BCUT2D eigenvalue weighted by Gasteiger charge is -2.10. The predicted molar refractivity (Wildman–Crippen MR) is 116 cm³/mol. The van der Waals surface area contributed by atoms with Gasteiger partial charge in [-0.25, -0.2) is 9.98 Å². The van der Waals surface area contributed by atoms with Gasteiger partial charge < -0.3 is 20.0 Å². The van der Waals surface area contributed by atoms with Gasteiger partial charge in [0.2, 0.25) is 5.89 Å². The van der Waals surface area contributed by atoms with Crippen LogP contribution in [-0.2, 0) is 13.0 Å². The molecule has 0 aliphatic rings. The standard InChI is InChI=1S/C19H25N5O.HI/c1-4-20-19(23-12-18-24-13(2)14(3)25-18)21-10-9-15-11-22-17-8-6-5-7-16(15)17;/h5-8,11,22H,4,9-10,12H2,1-3H3,(H2,20,21,23);1H. The number of para-hydroxylation sites is 1. The summed E-state index contributed by atoms with van der Waals surface area (Å²) in [7, 11) is 0. The number of hydrogen-bond acceptors (Lipinski definition) is 3. The molecule has 26 heavy (non-hydrogen) atoms. The van der Waals surface area contributed by atoms with Crippen molar-refractivity contribution < 1.29 is 4.42 Å². The number of nitrogens with zero attached hydrogens (tertiary/aromatic N) is 2. The third kappa shape index (κ3) is 5.00. The fraction of sp³-hybridized carbons (Fsp3) is 0.368. The van der Waals surface area contributed by atoms with Crippen molar-refractivity contribution in [2.75, 3.05) is 13.1 Å². The van der Waals surface area contributed by atoms with Gasteiger partial charge in [-0.2, -0.15) is 0 Å². The number of rotatable bonds is 6. The molecule has 3 aromatic rings. The molecule has 3 N–H and O–H groups in total. The van der Waals surface area contributed by atoms with E-state index in [1.54, 1.807) is 0 Å². The number of H-pyrrole nitrogens is 1. The minimum Gasteiger partial charge on any atom is -0.444 e. The first-order valence-electron chi connectivity index (χ1n) is 8.67. The molecule has 0 saturated carbocycles. The minimum absolute atomic E-state index is 0. The Bertz CT molecular complexity index is 848. The monoisotopic (exact) mass is 467 g/mol. The molecular formula is C19H26IN5O. The van der Waals surface area contributed by atoms with Crippen molar-refractivity contribution in [2.45, 2.75) is 33.7 Å². The van der Waals surface area contributed by atoms with Gasteiger partial charge in [0.15, 0.2) is 5.96 Å². The average molecular weight is 467 g/mol. The molecule has 6 nitrogen and oxygen atoms in total. The number of fused-ring (bicyclic) bond motifs is 1. The number of aromatic nitrogens is 2. The highest BCUT2D eigenvalue weighted by Crippen LogP contribution is 2.17. The molecule has 3 rings (SSSR count). The average Bonchev–Trinajstić information content (AvgIpc) is 3.16. The van der Waals surface area contributed by atoms with Gasteiger partial charge in [-0.15, -0.1) is 24.0 Å². The van der Waals surface area contributed by atoms with Gasteiger partial charge >= 0.3 is 0 Å². The van der Waals surface area contributed by atoms with E-state index in [0.717, 1.165) is 36.9 Å². The number of halogens is 1. The molecule has 0 bridgehead atoms. The zero-order valence-electron chi connectivity index (χ0n) is 15.4. The Labute approximate surface area is 170 Å². The van der Waals surface area contributed by atoms with E-state index in [-0.39, 0.29) is 24.0 Å². The quantitative estimate of drug-likeness (QED) is 0.294. The molecule has 0 fully saturated rings. The lowest BCUT2D eigenvalue weighted by Crippen LogP contribution is -2.38. The smallest absolute Gasteiger partial charge is 0.216 e. The SMILES string of the molecule is CCNC(=NCc1nc(C)c(C)o1)NCCc1c[nH]c2ccccc12.I. The molecule has 0 atom stereocenters. The molecule has 140 valence electrons. The second-order valence-corrected chi connectivity index (χ2v) is 5.98. The Morgan fingerprint density at radius 1 is 1.23 bits per heavy atom. The number of aromatic amines is 1. The van der Waals surface area contributed by atoms with E-state index < -0.39 is 0 Å². The van der Waals surface area contributed by atoms with E-state index in [2.05, 4.69) is 56.9 Å². The van der Waals surface area contributed by atoms with Gasteiger partial charge in [0.05, 0.1) is 5.69 Å². The molecule has 0 aliphatic carbocycles. The Hall–Kier alpha value is -2.03. The van der Waals surface area contributed by atoms with Gasteiger partial charge in [-0.1, -0.05) is 18.2 Å². The van der Waals surface area contributed by atoms with E-state index >= 15 is 0 Å². The maximum Gasteiger partial charge on any atom is 0.216 e. The highest BCUT2D eigenvalue weighted by atomic mass is 127. The first-order chi connectivity index (χ1) is 12.2. The van der Waals surface area contributed by atoms with Crippen LogP contribution >= 0.6 is 24.0 Å².